The Morgan fingerprint density at radius 3 is 2.37 bits per heavy atom. The maximum Gasteiger partial charge on any atom is 0.471 e. The van der Waals surface area contributed by atoms with Gasteiger partial charge in [-0.05, 0) is 18.2 Å². The Kier molecular flexibility index (Phi) is 7.28. The molecule has 0 saturated heterocycles. The summed E-state index contributed by atoms with van der Waals surface area (Å²) in [4.78, 5) is 54.6. The normalized spacial score (nSPS) is 13.5. The van der Waals surface area contributed by atoms with Crippen LogP contribution in [0.1, 0.15) is 14.1 Å². The fraction of sp³-hybridized carbons (Fsp3) is 0.217. The van der Waals surface area contributed by atoms with Gasteiger partial charge in [-0.1, -0.05) is 11.6 Å². The van der Waals surface area contributed by atoms with Gasteiger partial charge in [-0.2, -0.15) is 10.2 Å². The number of halogens is 4. The van der Waals surface area contributed by atoms with E-state index in [-0.39, 0.29) is 33.2 Å². The van der Waals surface area contributed by atoms with Gasteiger partial charge in [-0.3, -0.25) is 18.5 Å². The summed E-state index contributed by atoms with van der Waals surface area (Å²) in [5.41, 5.74) is -4.89. The van der Waals surface area contributed by atoms with E-state index >= 15 is 4.39 Å². The third-order valence-corrected chi connectivity index (χ3v) is 6.53. The molecule has 0 aliphatic rings. The summed E-state index contributed by atoms with van der Waals surface area (Å²) >= 11 is 6.39. The number of nitrogens with zero attached hydrogens (tertiary/aromatic N) is 9. The van der Waals surface area contributed by atoms with Gasteiger partial charge in [-0.25, -0.2) is 46.4 Å². The van der Waals surface area contributed by atoms with E-state index in [0.29, 0.717) is 20.0 Å². The summed E-state index contributed by atoms with van der Waals surface area (Å²) in [7, 11) is -2.24. The molecule has 43 heavy (non-hydrogen) atoms. The number of benzene rings is 2. The van der Waals surface area contributed by atoms with Crippen LogP contribution in [0.15, 0.2) is 51.4 Å². The third kappa shape index (κ3) is 6.37. The summed E-state index contributed by atoms with van der Waals surface area (Å²) in [6.07, 6.45) is 2.77. The van der Waals surface area contributed by atoms with Gasteiger partial charge in [0.1, 0.15) is 18.9 Å². The van der Waals surface area contributed by atoms with Gasteiger partial charge in [0.15, 0.2) is 17.5 Å². The highest BCUT2D eigenvalue weighted by Crippen LogP contribution is 2.35. The first-order valence-corrected chi connectivity index (χ1v) is 13.7. The molecule has 2 N–H and O–H groups in total. The second-order valence-corrected chi connectivity index (χ2v) is 10.6. The number of aryl methyl sites for hydroxylation is 2. The number of fused-ring (bicyclic) bond motifs is 1. The first kappa shape index (κ1) is 27.5. The molecule has 0 unspecified atom stereocenters. The van der Waals surface area contributed by atoms with E-state index in [2.05, 4.69) is 24.7 Å². The van der Waals surface area contributed by atoms with Crippen molar-refractivity contribution in [2.24, 2.45) is 19.1 Å². The zero-order chi connectivity index (χ0) is 33.0. The highest BCUT2D eigenvalue weighted by molar-refractivity contribution is 7.46. The van der Waals surface area contributed by atoms with E-state index < -0.39 is 67.6 Å². The van der Waals surface area contributed by atoms with Crippen molar-refractivity contribution in [1.82, 2.24) is 38.2 Å². The minimum Gasteiger partial charge on any atom is -0.303 e. The van der Waals surface area contributed by atoms with Crippen LogP contribution in [-0.2, 0) is 43.0 Å². The Bertz CT molecular complexity index is 2230. The predicted octanol–water partition coefficient (Wildman–Crippen LogP) is 1.29. The lowest BCUT2D eigenvalue weighted by Gasteiger charge is -2.17. The zero-order valence-electron chi connectivity index (χ0n) is 23.9. The number of hydrogen-bond acceptors (Lipinski definition) is 8. The predicted molar refractivity (Wildman–Crippen MR) is 143 cm³/mol. The molecule has 5 aromatic rings. The van der Waals surface area contributed by atoms with Gasteiger partial charge in [-0.15, -0.1) is 0 Å². The lowest BCUT2D eigenvalue weighted by atomic mass is 10.2. The van der Waals surface area contributed by atoms with Crippen LogP contribution in [-0.4, -0.2) is 48.0 Å². The number of phosphoric acid groups is 1. The van der Waals surface area contributed by atoms with Crippen molar-refractivity contribution in [1.29, 1.82) is 0 Å². The smallest absolute Gasteiger partial charge is 0.303 e. The number of hydrogen-bond donors (Lipinski definition) is 2. The summed E-state index contributed by atoms with van der Waals surface area (Å²) in [5, 5.41) is 8.45. The molecule has 3 heterocycles. The van der Waals surface area contributed by atoms with Crippen LogP contribution in [0.2, 0.25) is 5.02 Å². The first-order valence-electron chi connectivity index (χ1n) is 12.8. The minimum atomic E-state index is -5.32. The molecule has 5 rings (SSSR count). The zero-order valence-corrected chi connectivity index (χ0v) is 23.5. The summed E-state index contributed by atoms with van der Waals surface area (Å²) in [6.45, 7) is -5.52. The number of aromatic nitrogens is 8. The van der Waals surface area contributed by atoms with E-state index in [0.717, 1.165) is 0 Å². The summed E-state index contributed by atoms with van der Waals surface area (Å²) in [6, 6.07) is 2.91. The second-order valence-electron chi connectivity index (χ2n) is 8.93. The molecule has 0 amide bonds. The lowest BCUT2D eigenvalue weighted by molar-refractivity contribution is 0.142. The van der Waals surface area contributed by atoms with Crippen molar-refractivity contribution in [2.45, 2.75) is 19.8 Å². The minimum absolute atomic E-state index is 0.0519. The standard InChI is InChI=1S/C23H20ClF3N9O6P/c1-32-7-13-4-19(14(24)5-18(13)30-32)29-21-34(8-12-3-16(26)17(27)6-15(12)25)22(37)35(9-20-28-10-33(2)31-20)23(38)36(21)11-42-43(39,40)41/h3-7,10H,8-9,11H2,1-2H3,(H2,39,40,41)/i8D2. The fourth-order valence-corrected chi connectivity index (χ4v) is 4.37. The molecule has 0 saturated carbocycles. The Morgan fingerprint density at radius 2 is 1.70 bits per heavy atom. The van der Waals surface area contributed by atoms with Crippen molar-refractivity contribution in [3.63, 3.8) is 0 Å². The van der Waals surface area contributed by atoms with Crippen LogP contribution < -0.4 is 17.0 Å². The second kappa shape index (κ2) is 11.4. The van der Waals surface area contributed by atoms with Crippen molar-refractivity contribution < 1.29 is 34.8 Å². The SMILES string of the molecule is [2H]C([2H])(c1cc(F)c(F)cc1F)n1c(=O)n(Cc2ncn(C)n2)c(=O)n(COP(=O)(O)O)c1=Nc1cc2cn(C)nc2cc1Cl. The maximum absolute atomic E-state index is 15.0. The van der Waals surface area contributed by atoms with E-state index in [1.807, 2.05) is 0 Å². The Balaban J connectivity index is 1.93. The van der Waals surface area contributed by atoms with Crippen molar-refractivity contribution in [2.75, 3.05) is 0 Å². The molecule has 3 aromatic heterocycles. The third-order valence-electron chi connectivity index (χ3n) is 5.78. The van der Waals surface area contributed by atoms with E-state index in [1.54, 1.807) is 13.2 Å². The highest BCUT2D eigenvalue weighted by atomic mass is 35.5. The van der Waals surface area contributed by atoms with Crippen LogP contribution in [0, 0.1) is 17.5 Å². The van der Waals surface area contributed by atoms with E-state index in [1.165, 1.54) is 34.9 Å². The molecular weight excluding hydrogens is 622 g/mol. The van der Waals surface area contributed by atoms with Gasteiger partial charge >= 0.3 is 19.2 Å². The van der Waals surface area contributed by atoms with Crippen LogP contribution >= 0.6 is 19.4 Å². The highest BCUT2D eigenvalue weighted by Gasteiger charge is 2.22. The average Bonchev–Trinajstić information content (AvgIpc) is 3.50. The molecule has 0 bridgehead atoms. The van der Waals surface area contributed by atoms with Crippen LogP contribution in [0.4, 0.5) is 18.9 Å². The number of phosphoric ester groups is 1. The molecule has 0 spiro atoms. The summed E-state index contributed by atoms with van der Waals surface area (Å²) < 4.78 is 80.3. The van der Waals surface area contributed by atoms with Crippen LogP contribution in [0.5, 0.6) is 0 Å². The van der Waals surface area contributed by atoms with Gasteiger partial charge in [0.05, 0.1) is 32.0 Å². The molecule has 20 heteroatoms. The van der Waals surface area contributed by atoms with Crippen LogP contribution in [0.25, 0.3) is 10.9 Å². The monoisotopic (exact) mass is 643 g/mol. The topological polar surface area (TPSA) is 177 Å². The summed E-state index contributed by atoms with van der Waals surface area (Å²) in [5.74, 6) is -5.08. The molecule has 0 atom stereocenters. The van der Waals surface area contributed by atoms with Gasteiger partial charge < -0.3 is 9.79 Å². The molecule has 0 radical (unpaired) electrons. The van der Waals surface area contributed by atoms with E-state index in [9.17, 15) is 32.7 Å². The largest absolute Gasteiger partial charge is 0.471 e. The number of rotatable bonds is 8. The molecule has 0 aliphatic carbocycles. The molecule has 0 fully saturated rings. The lowest BCUT2D eigenvalue weighted by Crippen LogP contribution is -2.55. The van der Waals surface area contributed by atoms with Crippen molar-refractivity contribution in [3.05, 3.63) is 97.2 Å². The molecule has 15 nitrogen and oxygen atoms in total. The first-order chi connectivity index (χ1) is 21.0. The van der Waals surface area contributed by atoms with Crippen molar-refractivity contribution >= 4 is 36.0 Å². The van der Waals surface area contributed by atoms with Gasteiger partial charge in [0.25, 0.3) is 0 Å². The maximum atomic E-state index is 15.0. The molecule has 2 aromatic carbocycles. The Labute approximate surface area is 245 Å². The van der Waals surface area contributed by atoms with Crippen molar-refractivity contribution in [3.8, 4) is 0 Å². The Morgan fingerprint density at radius 1 is 1.00 bits per heavy atom. The Hall–Kier alpha value is -4.35. The van der Waals surface area contributed by atoms with Crippen LogP contribution in [0.3, 0.4) is 0 Å². The quantitative estimate of drug-likeness (QED) is 0.186. The van der Waals surface area contributed by atoms with E-state index in [4.69, 9.17) is 14.3 Å². The fourth-order valence-electron chi connectivity index (χ4n) is 3.91. The average molecular weight is 644 g/mol. The molecular formula is C23H20ClF3N9O6P. The van der Waals surface area contributed by atoms with Gasteiger partial charge in [0, 0.05) is 37.3 Å². The molecule has 226 valence electrons. The molecule has 0 aliphatic heterocycles. The van der Waals surface area contributed by atoms with Gasteiger partial charge in [0.2, 0.25) is 5.62 Å².